The molecule has 0 atom stereocenters. The van der Waals surface area contributed by atoms with Crippen molar-refractivity contribution in [3.05, 3.63) is 73.4 Å². The molecule has 3 nitrogen and oxygen atoms in total. The fourth-order valence-corrected chi connectivity index (χ4v) is 4.02. The van der Waals surface area contributed by atoms with Crippen molar-refractivity contribution in [3.8, 4) is 28.0 Å². The Kier molecular flexibility index (Phi) is 5.63. The Bertz CT molecular complexity index is 951. The predicted molar refractivity (Wildman–Crippen MR) is 116 cm³/mol. The van der Waals surface area contributed by atoms with Crippen molar-refractivity contribution in [1.29, 1.82) is 0 Å². The summed E-state index contributed by atoms with van der Waals surface area (Å²) in [5.74, 6) is -0.433. The van der Waals surface area contributed by atoms with Crippen LogP contribution in [0.2, 0.25) is 0 Å². The molecule has 3 aromatic rings. The zero-order chi connectivity index (χ0) is 18.0. The van der Waals surface area contributed by atoms with Gasteiger partial charge in [0.1, 0.15) is 5.75 Å². The Balaban J connectivity index is 2.08. The van der Waals surface area contributed by atoms with E-state index < -0.39 is 5.97 Å². The van der Waals surface area contributed by atoms with Crippen molar-refractivity contribution in [2.24, 2.45) is 0 Å². The molecular formula is C20H14I2O3. The van der Waals surface area contributed by atoms with Gasteiger partial charge in [-0.05, 0) is 104 Å². The van der Waals surface area contributed by atoms with Gasteiger partial charge >= 0.3 is 5.97 Å². The predicted octanol–water partition coefficient (Wildman–Crippen LogP) is 5.94. The first kappa shape index (κ1) is 18.2. The van der Waals surface area contributed by atoms with Crippen LogP contribution in [0, 0.1) is 7.14 Å². The molecule has 126 valence electrons. The number of halogens is 2. The van der Waals surface area contributed by atoms with Gasteiger partial charge < -0.3 is 9.84 Å². The smallest absolute Gasteiger partial charge is 0.336 e. The number of carbonyl (C=O) groups is 1. The molecule has 0 aromatic heterocycles. The standard InChI is InChI=1S/C20H14I2O3/c1-25-15-6-8-16(18(11-15)20(23)24)13-5-7-17(19(22)10-13)12-3-2-4-14(21)9-12/h2-11H,1H3,(H,23,24). The second kappa shape index (κ2) is 7.74. The van der Waals surface area contributed by atoms with Crippen LogP contribution in [0.5, 0.6) is 5.75 Å². The third-order valence-corrected chi connectivity index (χ3v) is 5.44. The van der Waals surface area contributed by atoms with Gasteiger partial charge in [-0.15, -0.1) is 0 Å². The lowest BCUT2D eigenvalue weighted by Gasteiger charge is -2.11. The number of benzene rings is 3. The third kappa shape index (κ3) is 3.98. The molecule has 3 rings (SSSR count). The van der Waals surface area contributed by atoms with Crippen LogP contribution in [-0.4, -0.2) is 18.2 Å². The van der Waals surface area contributed by atoms with Crippen molar-refractivity contribution < 1.29 is 14.6 Å². The number of hydrogen-bond acceptors (Lipinski definition) is 2. The van der Waals surface area contributed by atoms with Gasteiger partial charge in [-0.1, -0.05) is 24.3 Å². The summed E-state index contributed by atoms with van der Waals surface area (Å²) in [4.78, 5) is 11.6. The summed E-state index contributed by atoms with van der Waals surface area (Å²) in [6, 6.07) is 19.4. The molecule has 0 saturated carbocycles. The molecule has 0 spiro atoms. The zero-order valence-electron chi connectivity index (χ0n) is 13.3. The van der Waals surface area contributed by atoms with E-state index in [1.54, 1.807) is 18.2 Å². The molecule has 0 bridgehead atoms. The highest BCUT2D eigenvalue weighted by Gasteiger charge is 2.14. The summed E-state index contributed by atoms with van der Waals surface area (Å²) in [6.07, 6.45) is 0. The van der Waals surface area contributed by atoms with Crippen molar-refractivity contribution >= 4 is 51.2 Å². The number of carboxylic acid groups (broad SMARTS) is 1. The van der Waals surface area contributed by atoms with Gasteiger partial charge in [0.2, 0.25) is 0 Å². The van der Waals surface area contributed by atoms with E-state index in [-0.39, 0.29) is 5.56 Å². The number of aromatic carboxylic acids is 1. The number of methoxy groups -OCH3 is 1. The van der Waals surface area contributed by atoms with E-state index >= 15 is 0 Å². The number of hydrogen-bond donors (Lipinski definition) is 1. The molecule has 5 heteroatoms. The topological polar surface area (TPSA) is 46.5 Å². The lowest BCUT2D eigenvalue weighted by molar-refractivity contribution is 0.0697. The highest BCUT2D eigenvalue weighted by molar-refractivity contribution is 14.1. The van der Waals surface area contributed by atoms with Gasteiger partial charge in [0.25, 0.3) is 0 Å². The second-order valence-corrected chi connectivity index (χ2v) is 7.83. The van der Waals surface area contributed by atoms with Gasteiger partial charge in [0.15, 0.2) is 0 Å². The van der Waals surface area contributed by atoms with Gasteiger partial charge in [-0.25, -0.2) is 4.79 Å². The highest BCUT2D eigenvalue weighted by atomic mass is 127. The first-order valence-corrected chi connectivity index (χ1v) is 9.62. The molecule has 0 heterocycles. The molecule has 0 aliphatic rings. The van der Waals surface area contributed by atoms with Gasteiger partial charge in [0, 0.05) is 7.14 Å². The molecule has 0 saturated heterocycles. The van der Waals surface area contributed by atoms with Crippen LogP contribution >= 0.6 is 45.2 Å². The summed E-state index contributed by atoms with van der Waals surface area (Å²) in [6.45, 7) is 0. The Morgan fingerprint density at radius 3 is 2.28 bits per heavy atom. The molecule has 1 N–H and O–H groups in total. The summed E-state index contributed by atoms with van der Waals surface area (Å²) < 4.78 is 7.39. The van der Waals surface area contributed by atoms with Crippen LogP contribution < -0.4 is 4.74 Å². The van der Waals surface area contributed by atoms with Crippen LogP contribution in [0.1, 0.15) is 10.4 Å². The maximum atomic E-state index is 11.6. The van der Waals surface area contributed by atoms with E-state index in [1.165, 1.54) is 10.7 Å². The average molecular weight is 556 g/mol. The van der Waals surface area contributed by atoms with Crippen LogP contribution in [0.4, 0.5) is 0 Å². The van der Waals surface area contributed by atoms with E-state index in [1.807, 2.05) is 24.3 Å². The van der Waals surface area contributed by atoms with Crippen LogP contribution in [-0.2, 0) is 0 Å². The maximum Gasteiger partial charge on any atom is 0.336 e. The molecule has 0 aliphatic heterocycles. The third-order valence-electron chi connectivity index (χ3n) is 3.87. The number of rotatable bonds is 4. The lowest BCUT2D eigenvalue weighted by atomic mass is 9.97. The van der Waals surface area contributed by atoms with Gasteiger partial charge in [-0.2, -0.15) is 0 Å². The minimum Gasteiger partial charge on any atom is -0.497 e. The minimum atomic E-state index is -0.967. The largest absolute Gasteiger partial charge is 0.497 e. The number of ether oxygens (including phenoxy) is 1. The van der Waals surface area contributed by atoms with Crippen LogP contribution in [0.15, 0.2) is 60.7 Å². The van der Waals surface area contributed by atoms with Crippen molar-refractivity contribution in [2.45, 2.75) is 0 Å². The van der Waals surface area contributed by atoms with Crippen molar-refractivity contribution in [3.63, 3.8) is 0 Å². The van der Waals surface area contributed by atoms with E-state index in [9.17, 15) is 9.90 Å². The molecule has 0 amide bonds. The molecule has 3 aromatic carbocycles. The maximum absolute atomic E-state index is 11.6. The second-order valence-electron chi connectivity index (χ2n) is 5.42. The average Bonchev–Trinajstić information content (AvgIpc) is 2.61. The molecule has 0 aliphatic carbocycles. The van der Waals surface area contributed by atoms with E-state index in [0.29, 0.717) is 11.3 Å². The molecule has 0 fully saturated rings. The van der Waals surface area contributed by atoms with Crippen molar-refractivity contribution in [2.75, 3.05) is 7.11 Å². The fraction of sp³-hybridized carbons (Fsp3) is 0.0500. The SMILES string of the molecule is COc1ccc(-c2ccc(-c3cccc(I)c3)c(I)c2)c(C(=O)O)c1. The number of carboxylic acids is 1. The Labute approximate surface area is 173 Å². The molecule has 25 heavy (non-hydrogen) atoms. The van der Waals surface area contributed by atoms with E-state index in [0.717, 1.165) is 20.3 Å². The first-order valence-electron chi connectivity index (χ1n) is 7.47. The Morgan fingerprint density at radius 1 is 0.920 bits per heavy atom. The first-order chi connectivity index (χ1) is 12.0. The normalized spacial score (nSPS) is 10.5. The monoisotopic (exact) mass is 556 g/mol. The molecular weight excluding hydrogens is 542 g/mol. The Hall–Kier alpha value is -1.61. The highest BCUT2D eigenvalue weighted by Crippen LogP contribution is 2.33. The van der Waals surface area contributed by atoms with Gasteiger partial charge in [-0.3, -0.25) is 0 Å². The van der Waals surface area contributed by atoms with Gasteiger partial charge in [0.05, 0.1) is 12.7 Å². The summed E-state index contributed by atoms with van der Waals surface area (Å²) in [5, 5.41) is 9.52. The van der Waals surface area contributed by atoms with E-state index in [2.05, 4.69) is 63.4 Å². The summed E-state index contributed by atoms with van der Waals surface area (Å²) in [5.41, 5.74) is 4.07. The molecule has 0 unspecified atom stereocenters. The van der Waals surface area contributed by atoms with Crippen LogP contribution in [0.3, 0.4) is 0 Å². The fourth-order valence-electron chi connectivity index (χ4n) is 2.65. The molecule has 0 radical (unpaired) electrons. The van der Waals surface area contributed by atoms with Crippen LogP contribution in [0.25, 0.3) is 22.3 Å². The Morgan fingerprint density at radius 2 is 1.64 bits per heavy atom. The summed E-state index contributed by atoms with van der Waals surface area (Å²) in [7, 11) is 1.53. The van der Waals surface area contributed by atoms with Crippen molar-refractivity contribution in [1.82, 2.24) is 0 Å². The lowest BCUT2D eigenvalue weighted by Crippen LogP contribution is -2.00. The quantitative estimate of drug-likeness (QED) is 0.405. The van der Waals surface area contributed by atoms with E-state index in [4.69, 9.17) is 4.74 Å². The minimum absolute atomic E-state index is 0.233. The summed E-state index contributed by atoms with van der Waals surface area (Å²) >= 11 is 4.60. The zero-order valence-corrected chi connectivity index (χ0v) is 17.6.